The first-order chi connectivity index (χ1) is 9.69. The number of nitrogens with two attached hydrogens (primary N) is 1. The molecule has 2 rings (SSSR count). The molecule has 3 N–H and O–H groups in total. The van der Waals surface area contributed by atoms with Gasteiger partial charge in [-0.15, -0.1) is 0 Å². The quantitative estimate of drug-likeness (QED) is 0.660. The highest BCUT2D eigenvalue weighted by Gasteiger charge is 2.21. The van der Waals surface area contributed by atoms with E-state index in [0.29, 0.717) is 22.7 Å². The maximum Gasteiger partial charge on any atom is 0.274 e. The number of rotatable bonds is 4. The number of benzene rings is 2. The average molecular weight is 271 g/mol. The lowest BCUT2D eigenvalue weighted by atomic mass is 10.1. The highest BCUT2D eigenvalue weighted by atomic mass is 16.5. The summed E-state index contributed by atoms with van der Waals surface area (Å²) in [5.74, 6) is 0.361. The Morgan fingerprint density at radius 2 is 1.80 bits per heavy atom. The van der Waals surface area contributed by atoms with Gasteiger partial charge in [0.1, 0.15) is 11.4 Å². The molecule has 0 radical (unpaired) electrons. The van der Waals surface area contributed by atoms with E-state index in [-0.39, 0.29) is 5.91 Å². The number of nitrogens with zero attached hydrogens (tertiary/aromatic N) is 1. The van der Waals surface area contributed by atoms with Crippen LogP contribution in [0, 0.1) is 0 Å². The van der Waals surface area contributed by atoms with Gasteiger partial charge in [0.25, 0.3) is 5.91 Å². The largest absolute Gasteiger partial charge is 0.495 e. The minimum absolute atomic E-state index is 0.241. The molecule has 0 saturated carbocycles. The lowest BCUT2D eigenvalue weighted by Gasteiger charge is -2.23. The number of hydrogen-bond acceptors (Lipinski definition) is 4. The smallest absolute Gasteiger partial charge is 0.274 e. The molecule has 0 unspecified atom stereocenters. The van der Waals surface area contributed by atoms with Crippen LogP contribution in [0.15, 0.2) is 48.5 Å². The molecule has 0 bridgehead atoms. The number of nitrogens with one attached hydrogen (secondary N) is 1. The van der Waals surface area contributed by atoms with Gasteiger partial charge in [0, 0.05) is 12.7 Å². The number of hydrogen-bond donors (Lipinski definition) is 2. The van der Waals surface area contributed by atoms with Gasteiger partial charge in [0.05, 0.1) is 12.7 Å². The monoisotopic (exact) mass is 271 g/mol. The van der Waals surface area contributed by atoms with Crippen LogP contribution in [0.5, 0.6) is 5.75 Å². The van der Waals surface area contributed by atoms with Crippen LogP contribution in [0.25, 0.3) is 0 Å². The predicted molar refractivity (Wildman–Crippen MR) is 79.7 cm³/mol. The Morgan fingerprint density at radius 3 is 2.45 bits per heavy atom. The van der Waals surface area contributed by atoms with Crippen LogP contribution in [-0.4, -0.2) is 20.1 Å². The highest BCUT2D eigenvalue weighted by molar-refractivity contribution is 6.09. The van der Waals surface area contributed by atoms with Crippen molar-refractivity contribution in [1.29, 1.82) is 0 Å². The van der Waals surface area contributed by atoms with E-state index < -0.39 is 0 Å². The zero-order valence-electron chi connectivity index (χ0n) is 11.5. The normalized spacial score (nSPS) is 10.1. The number of ether oxygens (including phenoxy) is 1. The van der Waals surface area contributed by atoms with Gasteiger partial charge in [0.2, 0.25) is 0 Å². The number of carbonyl (C=O) groups is 1. The predicted octanol–water partition coefficient (Wildman–Crippen LogP) is 2.06. The van der Waals surface area contributed by atoms with Gasteiger partial charge in [-0.25, -0.2) is 10.4 Å². The van der Waals surface area contributed by atoms with E-state index in [0.717, 1.165) is 0 Å². The van der Waals surface area contributed by atoms with Crippen molar-refractivity contribution in [2.75, 3.05) is 24.9 Å². The fourth-order valence-corrected chi connectivity index (χ4v) is 1.96. The second-order valence-corrected chi connectivity index (χ2v) is 4.12. The maximum absolute atomic E-state index is 12.6. The summed E-state index contributed by atoms with van der Waals surface area (Å²) in [4.78, 5) is 12.6. The van der Waals surface area contributed by atoms with Gasteiger partial charge >= 0.3 is 0 Å². The molecule has 5 nitrogen and oxygen atoms in total. The van der Waals surface area contributed by atoms with E-state index in [9.17, 15) is 4.79 Å². The lowest BCUT2D eigenvalue weighted by molar-refractivity contribution is 0.0977. The molecular weight excluding hydrogens is 254 g/mol. The molecule has 0 heterocycles. The van der Waals surface area contributed by atoms with Gasteiger partial charge < -0.3 is 10.5 Å². The van der Waals surface area contributed by atoms with E-state index >= 15 is 0 Å². The molecule has 0 fully saturated rings. The standard InChI is InChI=1S/C15H17N3O2/c1-17-18(13-9-5-6-10-14(13)20-2)15(19)11-7-3-4-8-12(11)16/h3-10,17H,16H2,1-2H3. The molecule has 0 spiro atoms. The number of para-hydroxylation sites is 3. The lowest BCUT2D eigenvalue weighted by Crippen LogP contribution is -2.41. The third kappa shape index (κ3) is 2.57. The third-order valence-electron chi connectivity index (χ3n) is 2.94. The van der Waals surface area contributed by atoms with E-state index in [4.69, 9.17) is 10.5 Å². The zero-order chi connectivity index (χ0) is 14.5. The second-order valence-electron chi connectivity index (χ2n) is 4.12. The van der Waals surface area contributed by atoms with Crippen molar-refractivity contribution in [3.63, 3.8) is 0 Å². The van der Waals surface area contributed by atoms with Crippen molar-refractivity contribution in [2.24, 2.45) is 0 Å². The number of hydrazine groups is 1. The highest BCUT2D eigenvalue weighted by Crippen LogP contribution is 2.28. The molecule has 2 aromatic rings. The fraction of sp³-hybridized carbons (Fsp3) is 0.133. The van der Waals surface area contributed by atoms with Crippen LogP contribution in [-0.2, 0) is 0 Å². The average Bonchev–Trinajstić information content (AvgIpc) is 2.49. The molecule has 20 heavy (non-hydrogen) atoms. The Balaban J connectivity index is 2.43. The van der Waals surface area contributed by atoms with Crippen molar-refractivity contribution < 1.29 is 9.53 Å². The molecule has 1 amide bonds. The van der Waals surface area contributed by atoms with Crippen LogP contribution >= 0.6 is 0 Å². The number of methoxy groups -OCH3 is 1. The molecule has 2 aromatic carbocycles. The van der Waals surface area contributed by atoms with Crippen LogP contribution in [0.1, 0.15) is 10.4 Å². The number of amides is 1. The van der Waals surface area contributed by atoms with Crippen LogP contribution in [0.4, 0.5) is 11.4 Å². The summed E-state index contributed by atoms with van der Waals surface area (Å²) in [6, 6.07) is 14.2. The van der Waals surface area contributed by atoms with Crippen molar-refractivity contribution >= 4 is 17.3 Å². The van der Waals surface area contributed by atoms with Gasteiger partial charge in [-0.05, 0) is 24.3 Å². The molecule has 0 aliphatic carbocycles. The summed E-state index contributed by atoms with van der Waals surface area (Å²) in [6.07, 6.45) is 0. The van der Waals surface area contributed by atoms with Crippen molar-refractivity contribution in [3.05, 3.63) is 54.1 Å². The maximum atomic E-state index is 12.6. The first-order valence-electron chi connectivity index (χ1n) is 6.18. The Labute approximate surface area is 117 Å². The van der Waals surface area contributed by atoms with Crippen LogP contribution in [0.3, 0.4) is 0 Å². The summed E-state index contributed by atoms with van der Waals surface area (Å²) in [5, 5.41) is 1.41. The Hall–Kier alpha value is -2.53. The SMILES string of the molecule is CNN(C(=O)c1ccccc1N)c1ccccc1OC. The number of anilines is 2. The van der Waals surface area contributed by atoms with E-state index in [1.54, 1.807) is 50.6 Å². The van der Waals surface area contributed by atoms with Gasteiger partial charge in [-0.3, -0.25) is 4.79 Å². The van der Waals surface area contributed by atoms with Crippen LogP contribution in [0.2, 0.25) is 0 Å². The molecule has 104 valence electrons. The Bertz CT molecular complexity index is 614. The fourth-order valence-electron chi connectivity index (χ4n) is 1.96. The number of carbonyl (C=O) groups excluding carboxylic acids is 1. The Morgan fingerprint density at radius 1 is 1.15 bits per heavy atom. The number of nitrogen functional groups attached to an aromatic ring is 1. The molecular formula is C15H17N3O2. The summed E-state index contributed by atoms with van der Waals surface area (Å²) >= 11 is 0. The minimum atomic E-state index is -0.241. The van der Waals surface area contributed by atoms with E-state index in [1.807, 2.05) is 12.1 Å². The first kappa shape index (κ1) is 13.9. The minimum Gasteiger partial charge on any atom is -0.495 e. The van der Waals surface area contributed by atoms with Crippen molar-refractivity contribution in [1.82, 2.24) is 5.43 Å². The summed E-state index contributed by atoms with van der Waals surface area (Å²) in [6.45, 7) is 0. The second kappa shape index (κ2) is 6.08. The van der Waals surface area contributed by atoms with Gasteiger partial charge in [0.15, 0.2) is 0 Å². The van der Waals surface area contributed by atoms with Crippen molar-refractivity contribution in [3.8, 4) is 5.75 Å². The Kier molecular flexibility index (Phi) is 4.22. The summed E-state index contributed by atoms with van der Waals surface area (Å²) in [7, 11) is 3.23. The van der Waals surface area contributed by atoms with Gasteiger partial charge in [-0.2, -0.15) is 0 Å². The molecule has 0 aliphatic rings. The molecule has 5 heteroatoms. The van der Waals surface area contributed by atoms with E-state index in [2.05, 4.69) is 5.43 Å². The van der Waals surface area contributed by atoms with Crippen molar-refractivity contribution in [2.45, 2.75) is 0 Å². The topological polar surface area (TPSA) is 67.6 Å². The molecule has 0 saturated heterocycles. The third-order valence-corrected chi connectivity index (χ3v) is 2.94. The first-order valence-corrected chi connectivity index (χ1v) is 6.18. The van der Waals surface area contributed by atoms with Gasteiger partial charge in [-0.1, -0.05) is 24.3 Å². The van der Waals surface area contributed by atoms with Crippen LogP contribution < -0.4 is 20.9 Å². The molecule has 0 aliphatic heterocycles. The summed E-state index contributed by atoms with van der Waals surface area (Å²) in [5.41, 5.74) is 10.2. The zero-order valence-corrected chi connectivity index (χ0v) is 11.5. The summed E-state index contributed by atoms with van der Waals surface area (Å²) < 4.78 is 5.28. The molecule has 0 aromatic heterocycles. The molecule has 0 atom stereocenters. The van der Waals surface area contributed by atoms with E-state index in [1.165, 1.54) is 5.01 Å².